The lowest BCUT2D eigenvalue weighted by molar-refractivity contribution is -0.384. The Kier molecular flexibility index (Phi) is 2.86. The van der Waals surface area contributed by atoms with Gasteiger partial charge >= 0.3 is 0 Å². The maximum atomic E-state index is 10.7. The Labute approximate surface area is 98.1 Å². The van der Waals surface area contributed by atoms with E-state index in [9.17, 15) is 10.1 Å². The highest BCUT2D eigenvalue weighted by molar-refractivity contribution is 5.58. The second kappa shape index (κ2) is 4.32. The number of benzene rings is 1. The van der Waals surface area contributed by atoms with Crippen LogP contribution < -0.4 is 0 Å². The molecule has 0 aliphatic carbocycles. The van der Waals surface area contributed by atoms with Gasteiger partial charge in [0, 0.05) is 31.2 Å². The smallest absolute Gasteiger partial charge is 0.258 e. The van der Waals surface area contributed by atoms with Crippen molar-refractivity contribution in [1.82, 2.24) is 14.8 Å². The van der Waals surface area contributed by atoms with Gasteiger partial charge in [-0.1, -0.05) is 19.1 Å². The molecule has 0 aliphatic rings. The van der Waals surface area contributed by atoms with Crippen LogP contribution in [0.25, 0.3) is 11.4 Å². The molecule has 17 heavy (non-hydrogen) atoms. The van der Waals surface area contributed by atoms with E-state index < -0.39 is 4.92 Å². The third-order valence-corrected chi connectivity index (χ3v) is 2.48. The highest BCUT2D eigenvalue weighted by atomic mass is 16.6. The van der Waals surface area contributed by atoms with Crippen LogP contribution in [-0.2, 0) is 13.5 Å². The van der Waals surface area contributed by atoms with Crippen LogP contribution in [0.2, 0.25) is 0 Å². The van der Waals surface area contributed by atoms with Gasteiger partial charge in [0.25, 0.3) is 5.69 Å². The van der Waals surface area contributed by atoms with Crippen molar-refractivity contribution in [2.75, 3.05) is 0 Å². The predicted molar refractivity (Wildman–Crippen MR) is 62.5 cm³/mol. The Morgan fingerprint density at radius 1 is 1.47 bits per heavy atom. The van der Waals surface area contributed by atoms with Crippen LogP contribution in [0, 0.1) is 10.1 Å². The van der Waals surface area contributed by atoms with E-state index >= 15 is 0 Å². The molecular formula is C11H12N4O2. The fourth-order valence-electron chi connectivity index (χ4n) is 1.61. The summed E-state index contributed by atoms with van der Waals surface area (Å²) < 4.78 is 1.69. The number of aryl methyl sites for hydroxylation is 2. The molecule has 0 saturated carbocycles. The first-order valence-corrected chi connectivity index (χ1v) is 5.26. The summed E-state index contributed by atoms with van der Waals surface area (Å²) in [6, 6.07) is 6.33. The Morgan fingerprint density at radius 2 is 2.24 bits per heavy atom. The summed E-state index contributed by atoms with van der Waals surface area (Å²) >= 11 is 0. The molecule has 0 unspecified atom stereocenters. The summed E-state index contributed by atoms with van der Waals surface area (Å²) in [5.41, 5.74) is 0.711. The average molecular weight is 232 g/mol. The molecule has 0 spiro atoms. The third kappa shape index (κ3) is 2.15. The lowest BCUT2D eigenvalue weighted by atomic mass is 10.2. The van der Waals surface area contributed by atoms with E-state index in [-0.39, 0.29) is 5.69 Å². The second-order valence-electron chi connectivity index (χ2n) is 3.64. The molecule has 6 nitrogen and oxygen atoms in total. The van der Waals surface area contributed by atoms with Gasteiger partial charge in [-0.3, -0.25) is 14.8 Å². The highest BCUT2D eigenvalue weighted by Gasteiger charge is 2.11. The minimum atomic E-state index is -0.423. The number of hydrogen-bond acceptors (Lipinski definition) is 4. The van der Waals surface area contributed by atoms with Crippen LogP contribution >= 0.6 is 0 Å². The van der Waals surface area contributed by atoms with E-state index in [1.165, 1.54) is 12.1 Å². The van der Waals surface area contributed by atoms with E-state index in [0.29, 0.717) is 11.4 Å². The first-order chi connectivity index (χ1) is 8.11. The van der Waals surface area contributed by atoms with Gasteiger partial charge in [-0.05, 0) is 0 Å². The van der Waals surface area contributed by atoms with E-state index in [4.69, 9.17) is 0 Å². The van der Waals surface area contributed by atoms with Crippen molar-refractivity contribution in [3.05, 3.63) is 40.2 Å². The van der Waals surface area contributed by atoms with Crippen molar-refractivity contribution in [2.45, 2.75) is 13.3 Å². The van der Waals surface area contributed by atoms with Crippen molar-refractivity contribution in [1.29, 1.82) is 0 Å². The number of aromatic nitrogens is 3. The summed E-state index contributed by atoms with van der Waals surface area (Å²) in [7, 11) is 1.81. The zero-order valence-corrected chi connectivity index (χ0v) is 9.62. The number of hydrogen-bond donors (Lipinski definition) is 0. The molecule has 2 aromatic rings. The van der Waals surface area contributed by atoms with E-state index in [0.717, 1.165) is 12.2 Å². The van der Waals surface area contributed by atoms with Gasteiger partial charge in [-0.25, -0.2) is 4.98 Å². The van der Waals surface area contributed by atoms with Gasteiger partial charge < -0.3 is 0 Å². The third-order valence-electron chi connectivity index (χ3n) is 2.48. The molecule has 0 atom stereocenters. The number of nitro benzene ring substituents is 1. The van der Waals surface area contributed by atoms with Crippen LogP contribution in [0.5, 0.6) is 0 Å². The fourth-order valence-corrected chi connectivity index (χ4v) is 1.61. The predicted octanol–water partition coefficient (Wildman–Crippen LogP) is 1.95. The molecule has 1 heterocycles. The van der Waals surface area contributed by atoms with Crippen LogP contribution in [0.1, 0.15) is 12.7 Å². The zero-order chi connectivity index (χ0) is 12.4. The van der Waals surface area contributed by atoms with Gasteiger partial charge in [0.15, 0.2) is 5.82 Å². The van der Waals surface area contributed by atoms with Gasteiger partial charge in [-0.2, -0.15) is 5.10 Å². The lowest BCUT2D eigenvalue weighted by Crippen LogP contribution is -1.96. The maximum Gasteiger partial charge on any atom is 0.270 e. The van der Waals surface area contributed by atoms with Crippen molar-refractivity contribution in [3.63, 3.8) is 0 Å². The molecule has 0 saturated heterocycles. The van der Waals surface area contributed by atoms with Crippen molar-refractivity contribution in [3.8, 4) is 11.4 Å². The highest BCUT2D eigenvalue weighted by Crippen LogP contribution is 2.21. The average Bonchev–Trinajstić information content (AvgIpc) is 2.71. The molecule has 0 N–H and O–H groups in total. The first-order valence-electron chi connectivity index (χ1n) is 5.26. The SMILES string of the molecule is CCc1nc(-c2cccc([N+](=O)[O-])c2)nn1C. The molecular weight excluding hydrogens is 220 g/mol. The van der Waals surface area contributed by atoms with Crippen LogP contribution in [0.3, 0.4) is 0 Å². The summed E-state index contributed by atoms with van der Waals surface area (Å²) in [5.74, 6) is 1.37. The number of rotatable bonds is 3. The minimum absolute atomic E-state index is 0.0491. The summed E-state index contributed by atoms with van der Waals surface area (Å²) in [6.45, 7) is 1.99. The Morgan fingerprint density at radius 3 is 2.82 bits per heavy atom. The summed E-state index contributed by atoms with van der Waals surface area (Å²) in [6.07, 6.45) is 0.776. The number of non-ortho nitro benzene ring substituents is 1. The van der Waals surface area contributed by atoms with Crippen LogP contribution in [0.4, 0.5) is 5.69 Å². The number of nitro groups is 1. The lowest BCUT2D eigenvalue weighted by Gasteiger charge is -1.94. The van der Waals surface area contributed by atoms with Crippen LogP contribution in [-0.4, -0.2) is 19.7 Å². The van der Waals surface area contributed by atoms with Crippen molar-refractivity contribution in [2.24, 2.45) is 7.05 Å². The standard InChI is InChI=1S/C11H12N4O2/c1-3-10-12-11(13-14(10)2)8-5-4-6-9(7-8)15(16)17/h4-7H,3H2,1-2H3. The normalized spacial score (nSPS) is 10.5. The Balaban J connectivity index is 2.45. The fraction of sp³-hybridized carbons (Fsp3) is 0.273. The molecule has 0 bridgehead atoms. The Hall–Kier alpha value is -2.24. The molecule has 1 aromatic carbocycles. The molecule has 0 radical (unpaired) electrons. The van der Waals surface area contributed by atoms with Crippen LogP contribution in [0.15, 0.2) is 24.3 Å². The molecule has 6 heteroatoms. The molecule has 1 aromatic heterocycles. The molecule has 88 valence electrons. The molecule has 0 aliphatic heterocycles. The minimum Gasteiger partial charge on any atom is -0.258 e. The van der Waals surface area contributed by atoms with Gasteiger partial charge in [-0.15, -0.1) is 0 Å². The second-order valence-corrected chi connectivity index (χ2v) is 3.64. The molecule has 2 rings (SSSR count). The molecule has 0 fully saturated rings. The van der Waals surface area contributed by atoms with Gasteiger partial charge in [0.05, 0.1) is 4.92 Å². The van der Waals surface area contributed by atoms with Crippen molar-refractivity contribution >= 4 is 5.69 Å². The monoisotopic (exact) mass is 232 g/mol. The van der Waals surface area contributed by atoms with Crippen molar-refractivity contribution < 1.29 is 4.92 Å². The topological polar surface area (TPSA) is 73.8 Å². The van der Waals surface area contributed by atoms with E-state index in [2.05, 4.69) is 10.1 Å². The quantitative estimate of drug-likeness (QED) is 0.598. The van der Waals surface area contributed by atoms with Gasteiger partial charge in [0.1, 0.15) is 5.82 Å². The van der Waals surface area contributed by atoms with Gasteiger partial charge in [0.2, 0.25) is 0 Å². The first kappa shape index (κ1) is 11.3. The Bertz CT molecular complexity index is 562. The van der Waals surface area contributed by atoms with E-state index in [1.807, 2.05) is 14.0 Å². The summed E-state index contributed by atoms with van der Waals surface area (Å²) in [5, 5.41) is 14.9. The number of nitrogens with zero attached hydrogens (tertiary/aromatic N) is 4. The van der Waals surface area contributed by atoms with E-state index in [1.54, 1.807) is 16.8 Å². The largest absolute Gasteiger partial charge is 0.270 e. The molecule has 0 amide bonds. The summed E-state index contributed by atoms with van der Waals surface area (Å²) in [4.78, 5) is 14.6. The zero-order valence-electron chi connectivity index (χ0n) is 9.62. The maximum absolute atomic E-state index is 10.7.